The van der Waals surface area contributed by atoms with Crippen LogP contribution in [0.4, 0.5) is 10.5 Å². The third kappa shape index (κ3) is 3.61. The van der Waals surface area contributed by atoms with Crippen LogP contribution in [0.1, 0.15) is 12.8 Å². The van der Waals surface area contributed by atoms with Crippen LogP contribution in [-0.4, -0.2) is 42.8 Å². The molecule has 2 amide bonds. The van der Waals surface area contributed by atoms with Crippen molar-refractivity contribution < 1.29 is 14.6 Å². The summed E-state index contributed by atoms with van der Waals surface area (Å²) in [7, 11) is 1.59. The Hall–Kier alpha value is -1.75. The summed E-state index contributed by atoms with van der Waals surface area (Å²) < 4.78 is 5.12. The fraction of sp³-hybridized carbons (Fsp3) is 0.500. The molecule has 0 aliphatic carbocycles. The minimum absolute atomic E-state index is 0.119. The zero-order valence-electron chi connectivity index (χ0n) is 11.1. The molecule has 1 aromatic rings. The molecule has 0 aromatic heterocycles. The summed E-state index contributed by atoms with van der Waals surface area (Å²) in [5.74, 6) is 0.912. The summed E-state index contributed by atoms with van der Waals surface area (Å²) in [5, 5.41) is 12.0. The number of benzene rings is 1. The predicted octanol–water partition coefficient (Wildman–Crippen LogP) is 1.93. The summed E-state index contributed by atoms with van der Waals surface area (Å²) in [6.45, 7) is 1.50. The molecule has 19 heavy (non-hydrogen) atoms. The number of hydrogen-bond donors (Lipinski definition) is 2. The summed E-state index contributed by atoms with van der Waals surface area (Å²) in [5.41, 5.74) is 0.718. The van der Waals surface area contributed by atoms with E-state index >= 15 is 0 Å². The van der Waals surface area contributed by atoms with Crippen molar-refractivity contribution in [3.05, 3.63) is 24.3 Å². The maximum atomic E-state index is 12.1. The van der Waals surface area contributed by atoms with Gasteiger partial charge >= 0.3 is 6.03 Å². The molecule has 0 spiro atoms. The van der Waals surface area contributed by atoms with Gasteiger partial charge in [0.2, 0.25) is 0 Å². The van der Waals surface area contributed by atoms with Crippen LogP contribution in [0.25, 0.3) is 0 Å². The number of urea groups is 1. The third-order valence-electron chi connectivity index (χ3n) is 3.39. The number of carbonyl (C=O) groups is 1. The largest absolute Gasteiger partial charge is 0.497 e. The molecule has 5 nitrogen and oxygen atoms in total. The predicted molar refractivity (Wildman–Crippen MR) is 73.4 cm³/mol. The molecule has 1 fully saturated rings. The van der Waals surface area contributed by atoms with Gasteiger partial charge in [0, 0.05) is 31.5 Å². The van der Waals surface area contributed by atoms with Crippen molar-refractivity contribution >= 4 is 11.7 Å². The molecule has 2 rings (SSSR count). The van der Waals surface area contributed by atoms with Crippen molar-refractivity contribution in [1.29, 1.82) is 0 Å². The fourth-order valence-corrected chi connectivity index (χ4v) is 2.30. The zero-order chi connectivity index (χ0) is 13.7. The van der Waals surface area contributed by atoms with Crippen LogP contribution >= 0.6 is 0 Å². The van der Waals surface area contributed by atoms with Crippen LogP contribution in [0.2, 0.25) is 0 Å². The van der Waals surface area contributed by atoms with E-state index in [-0.39, 0.29) is 18.6 Å². The highest BCUT2D eigenvalue weighted by molar-refractivity contribution is 5.89. The van der Waals surface area contributed by atoms with Crippen LogP contribution in [0.15, 0.2) is 24.3 Å². The van der Waals surface area contributed by atoms with Crippen molar-refractivity contribution in [2.45, 2.75) is 12.8 Å². The van der Waals surface area contributed by atoms with Crippen molar-refractivity contribution in [2.24, 2.45) is 5.92 Å². The second kappa shape index (κ2) is 6.43. The van der Waals surface area contributed by atoms with E-state index in [1.807, 2.05) is 18.2 Å². The highest BCUT2D eigenvalue weighted by Gasteiger charge is 2.23. The minimum atomic E-state index is -0.119. The van der Waals surface area contributed by atoms with Gasteiger partial charge in [-0.15, -0.1) is 0 Å². The summed E-state index contributed by atoms with van der Waals surface area (Å²) in [6, 6.07) is 7.16. The number of carbonyl (C=O) groups excluding carboxylic acids is 1. The van der Waals surface area contributed by atoms with Gasteiger partial charge in [0.15, 0.2) is 0 Å². The average molecular weight is 264 g/mol. The lowest BCUT2D eigenvalue weighted by Crippen LogP contribution is -2.43. The van der Waals surface area contributed by atoms with E-state index in [1.54, 1.807) is 18.1 Å². The molecule has 1 aromatic carbocycles. The van der Waals surface area contributed by atoms with Crippen molar-refractivity contribution in [2.75, 3.05) is 32.1 Å². The van der Waals surface area contributed by atoms with Gasteiger partial charge < -0.3 is 20.1 Å². The molecule has 0 saturated carbocycles. The SMILES string of the molecule is COc1cccc(NC(=O)N2CCCC(CO)C2)c1. The number of amides is 2. The van der Waals surface area contributed by atoms with Crippen LogP contribution in [0, 0.1) is 5.92 Å². The van der Waals surface area contributed by atoms with Crippen molar-refractivity contribution in [3.8, 4) is 5.75 Å². The Morgan fingerprint density at radius 3 is 3.16 bits per heavy atom. The fourth-order valence-electron chi connectivity index (χ4n) is 2.30. The van der Waals surface area contributed by atoms with Gasteiger partial charge in [-0.3, -0.25) is 0 Å². The number of likely N-dealkylation sites (tertiary alicyclic amines) is 1. The number of methoxy groups -OCH3 is 1. The molecular weight excluding hydrogens is 244 g/mol. The number of anilines is 1. The topological polar surface area (TPSA) is 61.8 Å². The second-order valence-electron chi connectivity index (χ2n) is 4.80. The lowest BCUT2D eigenvalue weighted by molar-refractivity contribution is 0.136. The molecule has 1 unspecified atom stereocenters. The Bertz CT molecular complexity index is 436. The molecule has 5 heteroatoms. The van der Waals surface area contributed by atoms with Gasteiger partial charge in [0.1, 0.15) is 5.75 Å². The van der Waals surface area contributed by atoms with E-state index < -0.39 is 0 Å². The first kappa shape index (κ1) is 13.7. The molecule has 1 aliphatic heterocycles. The van der Waals surface area contributed by atoms with E-state index in [0.29, 0.717) is 12.3 Å². The first-order valence-electron chi connectivity index (χ1n) is 6.53. The monoisotopic (exact) mass is 264 g/mol. The third-order valence-corrected chi connectivity index (χ3v) is 3.39. The van der Waals surface area contributed by atoms with Crippen molar-refractivity contribution in [1.82, 2.24) is 4.90 Å². The van der Waals surface area contributed by atoms with E-state index in [1.165, 1.54) is 0 Å². The Morgan fingerprint density at radius 2 is 2.42 bits per heavy atom. The molecule has 1 heterocycles. The smallest absolute Gasteiger partial charge is 0.321 e. The highest BCUT2D eigenvalue weighted by Crippen LogP contribution is 2.19. The Balaban J connectivity index is 1.96. The molecule has 0 bridgehead atoms. The van der Waals surface area contributed by atoms with E-state index in [2.05, 4.69) is 5.32 Å². The quantitative estimate of drug-likeness (QED) is 0.877. The van der Waals surface area contributed by atoms with Gasteiger partial charge in [-0.25, -0.2) is 4.79 Å². The van der Waals surface area contributed by atoms with Crippen LogP contribution in [0.5, 0.6) is 5.75 Å². The standard InChI is InChI=1S/C14H20N2O3/c1-19-13-6-2-5-12(8-13)15-14(18)16-7-3-4-11(9-16)10-17/h2,5-6,8,11,17H,3-4,7,9-10H2,1H3,(H,15,18). The molecule has 0 radical (unpaired) electrons. The number of aliphatic hydroxyl groups is 1. The summed E-state index contributed by atoms with van der Waals surface area (Å²) in [4.78, 5) is 13.9. The van der Waals surface area contributed by atoms with Gasteiger partial charge in [-0.05, 0) is 30.9 Å². The van der Waals surface area contributed by atoms with Gasteiger partial charge in [-0.1, -0.05) is 6.07 Å². The highest BCUT2D eigenvalue weighted by atomic mass is 16.5. The number of nitrogens with one attached hydrogen (secondary N) is 1. The maximum absolute atomic E-state index is 12.1. The number of aliphatic hydroxyl groups excluding tert-OH is 1. The molecule has 1 saturated heterocycles. The first-order valence-corrected chi connectivity index (χ1v) is 6.53. The van der Waals surface area contributed by atoms with E-state index in [0.717, 1.165) is 25.1 Å². The summed E-state index contributed by atoms with van der Waals surface area (Å²) >= 11 is 0. The number of nitrogens with zero attached hydrogens (tertiary/aromatic N) is 1. The summed E-state index contributed by atoms with van der Waals surface area (Å²) in [6.07, 6.45) is 1.93. The molecular formula is C14H20N2O3. The number of rotatable bonds is 3. The van der Waals surface area contributed by atoms with E-state index in [9.17, 15) is 9.90 Å². The number of piperidine rings is 1. The number of hydrogen-bond acceptors (Lipinski definition) is 3. The van der Waals surface area contributed by atoms with Gasteiger partial charge in [-0.2, -0.15) is 0 Å². The lowest BCUT2D eigenvalue weighted by Gasteiger charge is -2.31. The molecule has 1 atom stereocenters. The Morgan fingerprint density at radius 1 is 1.58 bits per heavy atom. The normalized spacial score (nSPS) is 19.1. The van der Waals surface area contributed by atoms with Crippen LogP contribution in [-0.2, 0) is 0 Å². The molecule has 104 valence electrons. The zero-order valence-corrected chi connectivity index (χ0v) is 11.1. The molecule has 1 aliphatic rings. The van der Waals surface area contributed by atoms with Gasteiger partial charge in [0.25, 0.3) is 0 Å². The van der Waals surface area contributed by atoms with Crippen LogP contribution in [0.3, 0.4) is 0 Å². The van der Waals surface area contributed by atoms with Gasteiger partial charge in [0.05, 0.1) is 7.11 Å². The first-order chi connectivity index (χ1) is 9.22. The van der Waals surface area contributed by atoms with Crippen molar-refractivity contribution in [3.63, 3.8) is 0 Å². The maximum Gasteiger partial charge on any atom is 0.321 e. The molecule has 2 N–H and O–H groups in total. The Kier molecular flexibility index (Phi) is 4.63. The lowest BCUT2D eigenvalue weighted by atomic mass is 9.99. The average Bonchev–Trinajstić information content (AvgIpc) is 2.47. The van der Waals surface area contributed by atoms with E-state index in [4.69, 9.17) is 4.74 Å². The number of ether oxygens (including phenoxy) is 1. The second-order valence-corrected chi connectivity index (χ2v) is 4.80. The van der Waals surface area contributed by atoms with Crippen LogP contribution < -0.4 is 10.1 Å². The Labute approximate surface area is 113 Å². The minimum Gasteiger partial charge on any atom is -0.497 e.